The second-order valence-corrected chi connectivity index (χ2v) is 6.29. The Morgan fingerprint density at radius 2 is 1.59 bits per heavy atom. The summed E-state index contributed by atoms with van der Waals surface area (Å²) in [5.74, 6) is -0.622. The first-order valence-electron chi connectivity index (χ1n) is 6.93. The van der Waals surface area contributed by atoms with Crippen LogP contribution in [0.25, 0.3) is 0 Å². The summed E-state index contributed by atoms with van der Waals surface area (Å²) in [5.41, 5.74) is 2.60. The van der Waals surface area contributed by atoms with Gasteiger partial charge in [-0.05, 0) is 23.6 Å². The maximum absolute atomic E-state index is 12.4. The molecule has 0 saturated heterocycles. The van der Waals surface area contributed by atoms with Crippen LogP contribution in [-0.4, -0.2) is 17.0 Å². The van der Waals surface area contributed by atoms with E-state index in [1.54, 1.807) is 11.5 Å². The van der Waals surface area contributed by atoms with E-state index in [1.165, 1.54) is 6.07 Å². The van der Waals surface area contributed by atoms with Gasteiger partial charge in [0.25, 0.3) is 11.8 Å². The molecular formula is C16H18N2O3S. The van der Waals surface area contributed by atoms with Gasteiger partial charge >= 0.3 is 0 Å². The van der Waals surface area contributed by atoms with Crippen molar-refractivity contribution in [3.63, 3.8) is 0 Å². The lowest BCUT2D eigenvalue weighted by Gasteiger charge is -2.22. The van der Waals surface area contributed by atoms with Gasteiger partial charge in [-0.1, -0.05) is 44.2 Å². The molecule has 3 N–H and O–H groups in total. The van der Waals surface area contributed by atoms with Crippen LogP contribution < -0.4 is 10.8 Å². The molecule has 0 aliphatic heterocycles. The summed E-state index contributed by atoms with van der Waals surface area (Å²) in [7, 11) is 0. The first kappa shape index (κ1) is 16.2. The predicted molar refractivity (Wildman–Crippen MR) is 85.1 cm³/mol. The Balaban J connectivity index is 2.15. The largest absolute Gasteiger partial charge is 0.344 e. The van der Waals surface area contributed by atoms with E-state index in [-0.39, 0.29) is 22.7 Å². The van der Waals surface area contributed by atoms with Crippen LogP contribution in [0.4, 0.5) is 0 Å². The average Bonchev–Trinajstić information content (AvgIpc) is 3.02. The van der Waals surface area contributed by atoms with Crippen molar-refractivity contribution in [3.8, 4) is 0 Å². The molecule has 6 heteroatoms. The highest BCUT2D eigenvalue weighted by atomic mass is 32.1. The average molecular weight is 318 g/mol. The highest BCUT2D eigenvalue weighted by Gasteiger charge is 2.20. The predicted octanol–water partition coefficient (Wildman–Crippen LogP) is 2.99. The molecule has 5 nitrogen and oxygen atoms in total. The maximum atomic E-state index is 12.4. The van der Waals surface area contributed by atoms with Crippen molar-refractivity contribution in [2.75, 3.05) is 0 Å². The van der Waals surface area contributed by atoms with Crippen LogP contribution in [0.2, 0.25) is 0 Å². The molecule has 0 aliphatic rings. The smallest absolute Gasteiger partial charge is 0.284 e. The van der Waals surface area contributed by atoms with Gasteiger partial charge in [0.05, 0.1) is 15.8 Å². The van der Waals surface area contributed by atoms with E-state index in [0.717, 1.165) is 16.9 Å². The van der Waals surface area contributed by atoms with Crippen LogP contribution in [0.15, 0.2) is 42.5 Å². The van der Waals surface area contributed by atoms with Gasteiger partial charge in [-0.2, -0.15) is 0 Å². The van der Waals surface area contributed by atoms with Crippen LogP contribution in [0, 0.1) is 5.92 Å². The summed E-state index contributed by atoms with van der Waals surface area (Å²) in [5, 5.41) is 11.6. The fraction of sp³-hybridized carbons (Fsp3) is 0.250. The van der Waals surface area contributed by atoms with Crippen molar-refractivity contribution in [2.45, 2.75) is 19.9 Å². The third-order valence-electron chi connectivity index (χ3n) is 3.27. The van der Waals surface area contributed by atoms with Gasteiger partial charge in [0.2, 0.25) is 0 Å². The Kier molecular flexibility index (Phi) is 5.30. The Labute approximate surface area is 132 Å². The topological polar surface area (TPSA) is 78.4 Å². The fourth-order valence-electron chi connectivity index (χ4n) is 2.14. The van der Waals surface area contributed by atoms with Gasteiger partial charge in [0.1, 0.15) is 0 Å². The van der Waals surface area contributed by atoms with E-state index in [1.807, 2.05) is 44.2 Å². The molecule has 1 heterocycles. The Hall–Kier alpha value is -2.18. The number of amides is 2. The van der Waals surface area contributed by atoms with E-state index in [2.05, 4.69) is 5.32 Å². The van der Waals surface area contributed by atoms with Crippen LogP contribution in [0.5, 0.6) is 0 Å². The molecule has 2 amide bonds. The van der Waals surface area contributed by atoms with E-state index in [9.17, 15) is 9.59 Å². The summed E-state index contributed by atoms with van der Waals surface area (Å²) in [6.07, 6.45) is 0. The zero-order valence-corrected chi connectivity index (χ0v) is 13.2. The number of carbonyl (C=O) groups is 2. The minimum absolute atomic E-state index is 0.106. The number of hydroxylamine groups is 1. The molecule has 1 atom stereocenters. The molecule has 0 fully saturated rings. The van der Waals surface area contributed by atoms with Crippen LogP contribution in [-0.2, 0) is 0 Å². The van der Waals surface area contributed by atoms with Crippen molar-refractivity contribution < 1.29 is 14.8 Å². The lowest BCUT2D eigenvalue weighted by atomic mass is 9.96. The van der Waals surface area contributed by atoms with Gasteiger partial charge in [0.15, 0.2) is 0 Å². The van der Waals surface area contributed by atoms with Crippen LogP contribution >= 0.6 is 11.3 Å². The van der Waals surface area contributed by atoms with E-state index >= 15 is 0 Å². The standard InChI is InChI=1S/C16H18N2O3S/c1-10(2)14(11-6-4-3-5-7-11)17-15(19)12-8-9-13(22-12)16(20)18-21/h3-10,14,21H,1-2H3,(H,17,19)(H,18,20)/t14-/m1/s1. The molecule has 0 aliphatic carbocycles. The van der Waals surface area contributed by atoms with Gasteiger partial charge in [-0.25, -0.2) is 5.48 Å². The monoisotopic (exact) mass is 318 g/mol. The molecule has 116 valence electrons. The van der Waals surface area contributed by atoms with Gasteiger partial charge < -0.3 is 5.32 Å². The number of nitrogens with one attached hydrogen (secondary N) is 2. The lowest BCUT2D eigenvalue weighted by Crippen LogP contribution is -2.31. The SMILES string of the molecule is CC(C)[C@@H](NC(=O)c1ccc(C(=O)NO)s1)c1ccccc1. The highest BCUT2D eigenvalue weighted by Crippen LogP contribution is 2.23. The second-order valence-electron chi connectivity index (χ2n) is 5.21. The van der Waals surface area contributed by atoms with Crippen LogP contribution in [0.1, 0.15) is 44.8 Å². The Bertz CT molecular complexity index is 652. The number of thiophene rings is 1. The summed E-state index contributed by atoms with van der Waals surface area (Å²) >= 11 is 1.04. The first-order valence-corrected chi connectivity index (χ1v) is 7.74. The molecule has 2 aromatic rings. The number of benzene rings is 1. The highest BCUT2D eigenvalue weighted by molar-refractivity contribution is 7.15. The zero-order chi connectivity index (χ0) is 16.1. The molecule has 0 radical (unpaired) electrons. The van der Waals surface area contributed by atoms with Crippen molar-refractivity contribution in [3.05, 3.63) is 57.8 Å². The van der Waals surface area contributed by atoms with Gasteiger partial charge in [-0.15, -0.1) is 11.3 Å². The molecule has 1 aromatic carbocycles. The lowest BCUT2D eigenvalue weighted by molar-refractivity contribution is 0.0711. The van der Waals surface area contributed by atoms with E-state index < -0.39 is 5.91 Å². The minimum Gasteiger partial charge on any atom is -0.344 e. The van der Waals surface area contributed by atoms with Crippen molar-refractivity contribution >= 4 is 23.2 Å². The molecule has 0 bridgehead atoms. The van der Waals surface area contributed by atoms with Gasteiger partial charge in [0, 0.05) is 0 Å². The third kappa shape index (κ3) is 3.72. The number of rotatable bonds is 5. The molecule has 22 heavy (non-hydrogen) atoms. The van der Waals surface area contributed by atoms with Crippen molar-refractivity contribution in [1.82, 2.24) is 10.8 Å². The van der Waals surface area contributed by atoms with Gasteiger partial charge in [-0.3, -0.25) is 14.8 Å². The normalized spacial score (nSPS) is 12.0. The number of carbonyl (C=O) groups excluding carboxylic acids is 2. The van der Waals surface area contributed by atoms with Crippen molar-refractivity contribution in [2.24, 2.45) is 5.92 Å². The summed E-state index contributed by atoms with van der Waals surface area (Å²) in [4.78, 5) is 24.4. The van der Waals surface area contributed by atoms with Crippen molar-refractivity contribution in [1.29, 1.82) is 0 Å². The second kappa shape index (κ2) is 7.20. The molecule has 0 saturated carbocycles. The summed E-state index contributed by atoms with van der Waals surface area (Å²) < 4.78 is 0. The maximum Gasteiger partial charge on any atom is 0.284 e. The third-order valence-corrected chi connectivity index (χ3v) is 4.35. The zero-order valence-electron chi connectivity index (χ0n) is 12.4. The quantitative estimate of drug-likeness (QED) is 0.586. The Morgan fingerprint density at radius 1 is 1.00 bits per heavy atom. The fourth-order valence-corrected chi connectivity index (χ4v) is 2.94. The molecule has 0 unspecified atom stereocenters. The summed E-state index contributed by atoms with van der Waals surface area (Å²) in [6.45, 7) is 4.08. The van der Waals surface area contributed by atoms with E-state index in [4.69, 9.17) is 5.21 Å². The number of hydrogen-bond acceptors (Lipinski definition) is 4. The number of hydrogen-bond donors (Lipinski definition) is 3. The molecule has 1 aromatic heterocycles. The minimum atomic E-state index is -0.618. The van der Waals surface area contributed by atoms with E-state index in [0.29, 0.717) is 4.88 Å². The van der Waals surface area contributed by atoms with Crippen LogP contribution in [0.3, 0.4) is 0 Å². The Morgan fingerprint density at radius 3 is 2.14 bits per heavy atom. The molecule has 0 spiro atoms. The molecule has 2 rings (SSSR count). The molecular weight excluding hydrogens is 300 g/mol. The first-order chi connectivity index (χ1) is 10.5. The summed E-state index contributed by atoms with van der Waals surface area (Å²) in [6, 6.07) is 12.7.